The predicted octanol–water partition coefficient (Wildman–Crippen LogP) is 3.85. The van der Waals surface area contributed by atoms with Crippen molar-refractivity contribution >= 4 is 23.1 Å². The van der Waals surface area contributed by atoms with E-state index < -0.39 is 0 Å². The van der Waals surface area contributed by atoms with Gasteiger partial charge in [-0.1, -0.05) is 13.0 Å². The van der Waals surface area contributed by atoms with E-state index in [0.717, 1.165) is 37.8 Å². The van der Waals surface area contributed by atoms with Gasteiger partial charge in [-0.3, -0.25) is 4.79 Å². The Morgan fingerprint density at radius 3 is 2.63 bits per heavy atom. The van der Waals surface area contributed by atoms with E-state index in [4.69, 9.17) is 4.74 Å². The van der Waals surface area contributed by atoms with Gasteiger partial charge >= 0.3 is 0 Å². The Morgan fingerprint density at radius 2 is 1.97 bits per heavy atom. The van der Waals surface area contributed by atoms with Crippen molar-refractivity contribution in [1.29, 1.82) is 0 Å². The topological polar surface area (TPSA) is 57.7 Å². The second-order valence-electron chi connectivity index (χ2n) is 8.76. The van der Waals surface area contributed by atoms with Crippen LogP contribution in [0.4, 0.5) is 17.2 Å². The lowest BCUT2D eigenvalue weighted by Gasteiger charge is -2.46. The second kappa shape index (κ2) is 7.91. The molecule has 158 valence electrons. The fraction of sp³-hybridized carbons (Fsp3) is 0.500. The molecule has 0 bridgehead atoms. The van der Waals surface area contributed by atoms with Gasteiger partial charge in [0.25, 0.3) is 0 Å². The number of anilines is 3. The molecule has 3 aliphatic rings. The maximum absolute atomic E-state index is 12.8. The molecule has 1 saturated heterocycles. The monoisotopic (exact) mass is 406 g/mol. The van der Waals surface area contributed by atoms with Crippen molar-refractivity contribution in [3.63, 3.8) is 0 Å². The van der Waals surface area contributed by atoms with Crippen LogP contribution in [0.15, 0.2) is 42.6 Å². The summed E-state index contributed by atoms with van der Waals surface area (Å²) < 4.78 is 5.53. The zero-order valence-electron chi connectivity index (χ0n) is 17.8. The van der Waals surface area contributed by atoms with Crippen molar-refractivity contribution in [2.24, 2.45) is 11.8 Å². The van der Waals surface area contributed by atoms with Crippen molar-refractivity contribution in [2.45, 2.75) is 38.8 Å². The molecule has 1 aromatic carbocycles. The third-order valence-corrected chi connectivity index (χ3v) is 6.76. The molecule has 1 aromatic heterocycles. The highest BCUT2D eigenvalue weighted by atomic mass is 16.5. The van der Waals surface area contributed by atoms with Gasteiger partial charge in [-0.25, -0.2) is 4.98 Å². The molecule has 3 heterocycles. The third kappa shape index (κ3) is 3.54. The average Bonchev–Trinajstić information content (AvgIpc) is 3.61. The van der Waals surface area contributed by atoms with Crippen molar-refractivity contribution < 1.29 is 9.53 Å². The summed E-state index contributed by atoms with van der Waals surface area (Å²) in [7, 11) is 0. The minimum Gasteiger partial charge on any atom is -0.378 e. The lowest BCUT2D eigenvalue weighted by Crippen LogP contribution is -2.51. The quantitative estimate of drug-likeness (QED) is 0.836. The minimum atomic E-state index is 0.108. The van der Waals surface area contributed by atoms with E-state index in [-0.39, 0.29) is 23.9 Å². The summed E-state index contributed by atoms with van der Waals surface area (Å²) in [5.74, 6) is 1.89. The molecule has 0 unspecified atom stereocenters. The summed E-state index contributed by atoms with van der Waals surface area (Å²) in [6.45, 7) is 7.29. The van der Waals surface area contributed by atoms with Crippen molar-refractivity contribution in [3.05, 3.63) is 48.2 Å². The highest BCUT2D eigenvalue weighted by Gasteiger charge is 2.47. The van der Waals surface area contributed by atoms with Crippen molar-refractivity contribution in [2.75, 3.05) is 41.4 Å². The van der Waals surface area contributed by atoms with E-state index in [1.807, 2.05) is 24.4 Å². The van der Waals surface area contributed by atoms with E-state index in [0.29, 0.717) is 5.92 Å². The Labute approximate surface area is 178 Å². The molecule has 0 radical (unpaired) electrons. The first-order chi connectivity index (χ1) is 14.6. The molecule has 1 amide bonds. The van der Waals surface area contributed by atoms with Gasteiger partial charge in [-0.2, -0.15) is 0 Å². The number of benzene rings is 1. The predicted molar refractivity (Wildman–Crippen MR) is 119 cm³/mol. The number of aromatic nitrogens is 1. The van der Waals surface area contributed by atoms with Crippen LogP contribution in [0, 0.1) is 11.8 Å². The molecular weight excluding hydrogens is 376 g/mol. The van der Waals surface area contributed by atoms with Gasteiger partial charge in [0.15, 0.2) is 0 Å². The van der Waals surface area contributed by atoms with Gasteiger partial charge in [0, 0.05) is 55.1 Å². The molecule has 6 heteroatoms. The number of carbonyl (C=O) groups excluding carboxylic acids is 1. The van der Waals surface area contributed by atoms with Crippen molar-refractivity contribution in [3.8, 4) is 0 Å². The summed E-state index contributed by atoms with van der Waals surface area (Å²) in [4.78, 5) is 21.7. The molecule has 1 saturated carbocycles. The Kier molecular flexibility index (Phi) is 5.11. The van der Waals surface area contributed by atoms with Crippen LogP contribution in [0.3, 0.4) is 0 Å². The Hall–Kier alpha value is -2.60. The highest BCUT2D eigenvalue weighted by Crippen LogP contribution is 2.50. The van der Waals surface area contributed by atoms with Crippen molar-refractivity contribution in [1.82, 2.24) is 4.98 Å². The molecule has 0 spiro atoms. The van der Waals surface area contributed by atoms with Gasteiger partial charge < -0.3 is 19.9 Å². The second-order valence-corrected chi connectivity index (χ2v) is 8.76. The van der Waals surface area contributed by atoms with Crippen LogP contribution in [-0.4, -0.2) is 43.2 Å². The van der Waals surface area contributed by atoms with Crippen LogP contribution in [-0.2, 0) is 9.53 Å². The Bertz CT molecular complexity index is 909. The summed E-state index contributed by atoms with van der Waals surface area (Å²) in [5, 5.41) is 3.70. The number of hydrogen-bond donors (Lipinski definition) is 1. The molecule has 5 rings (SSSR count). The summed E-state index contributed by atoms with van der Waals surface area (Å²) in [5.41, 5.74) is 3.43. The number of ether oxygens (including phenoxy) is 1. The Morgan fingerprint density at radius 1 is 1.17 bits per heavy atom. The lowest BCUT2D eigenvalue weighted by molar-refractivity contribution is -0.117. The number of pyridine rings is 1. The van der Waals surface area contributed by atoms with Gasteiger partial charge in [-0.15, -0.1) is 0 Å². The van der Waals surface area contributed by atoms with Gasteiger partial charge in [0.1, 0.15) is 5.82 Å². The number of hydrogen-bond acceptors (Lipinski definition) is 5. The van der Waals surface area contributed by atoms with Gasteiger partial charge in [-0.05, 0) is 49.1 Å². The highest BCUT2D eigenvalue weighted by molar-refractivity contribution is 5.94. The van der Waals surface area contributed by atoms with E-state index in [1.54, 1.807) is 6.92 Å². The van der Waals surface area contributed by atoms with Crippen LogP contribution < -0.4 is 15.1 Å². The molecule has 2 fully saturated rings. The molecule has 30 heavy (non-hydrogen) atoms. The number of nitrogens with zero attached hydrogens (tertiary/aromatic N) is 3. The molecular formula is C24H30N4O2. The first kappa shape index (κ1) is 19.4. The van der Waals surface area contributed by atoms with Gasteiger partial charge in [0.2, 0.25) is 5.91 Å². The number of rotatable bonds is 4. The molecule has 1 N–H and O–H groups in total. The smallest absolute Gasteiger partial charge is 0.224 e. The zero-order valence-corrected chi connectivity index (χ0v) is 17.8. The van der Waals surface area contributed by atoms with E-state index >= 15 is 0 Å². The summed E-state index contributed by atoms with van der Waals surface area (Å²) in [6.07, 6.45) is 4.23. The van der Waals surface area contributed by atoms with Crippen LogP contribution in [0.25, 0.3) is 0 Å². The molecule has 3 atom stereocenters. The van der Waals surface area contributed by atoms with E-state index in [2.05, 4.69) is 45.2 Å². The molecule has 1 aliphatic carbocycles. The lowest BCUT2D eigenvalue weighted by atomic mass is 9.79. The molecule has 6 nitrogen and oxygen atoms in total. The first-order valence-corrected chi connectivity index (χ1v) is 11.1. The Balaban J connectivity index is 1.58. The number of morpholine rings is 1. The fourth-order valence-corrected chi connectivity index (χ4v) is 5.18. The standard InChI is InChI=1S/C24H30N4O2/c1-16-23(26-22-5-3-4-10-25-22)20-15-19(27-11-13-30-14-12-27)8-9-21(20)28(17(2)29)24(16)18-6-7-18/h3-5,8-10,15-16,18,23-24H,6-7,11-14H2,1-2H3,(H,25,26)/t16-,23-,24-/m1/s1. The molecule has 2 aromatic rings. The largest absolute Gasteiger partial charge is 0.378 e. The third-order valence-electron chi connectivity index (χ3n) is 6.76. The number of amides is 1. The normalized spacial score (nSPS) is 26.3. The maximum atomic E-state index is 12.8. The maximum Gasteiger partial charge on any atom is 0.224 e. The van der Waals surface area contributed by atoms with Crippen LogP contribution in [0.2, 0.25) is 0 Å². The summed E-state index contributed by atoms with van der Waals surface area (Å²) >= 11 is 0. The van der Waals surface area contributed by atoms with E-state index in [1.165, 1.54) is 24.1 Å². The molecule has 2 aliphatic heterocycles. The van der Waals surface area contributed by atoms with E-state index in [9.17, 15) is 4.79 Å². The zero-order chi connectivity index (χ0) is 20.7. The van der Waals surface area contributed by atoms with Gasteiger partial charge in [0.05, 0.1) is 19.3 Å². The summed E-state index contributed by atoms with van der Waals surface area (Å²) in [6, 6.07) is 12.9. The average molecular weight is 407 g/mol. The number of nitrogens with one attached hydrogen (secondary N) is 1. The van der Waals surface area contributed by atoms with Crippen LogP contribution in [0.5, 0.6) is 0 Å². The van der Waals surface area contributed by atoms with Crippen LogP contribution >= 0.6 is 0 Å². The minimum absolute atomic E-state index is 0.108. The number of fused-ring (bicyclic) bond motifs is 1. The SMILES string of the molecule is CC(=O)N1c2ccc(N3CCOCC3)cc2[C@H](Nc2ccccn2)[C@@H](C)[C@@H]1C1CC1. The first-order valence-electron chi connectivity index (χ1n) is 11.1. The van der Waals surface area contributed by atoms with Crippen LogP contribution in [0.1, 0.15) is 38.3 Å². The number of carbonyl (C=O) groups is 1. The fourth-order valence-electron chi connectivity index (χ4n) is 5.18.